The molecule has 0 bridgehead atoms. The van der Waals surface area contributed by atoms with Crippen molar-refractivity contribution in [2.24, 2.45) is 5.92 Å². The summed E-state index contributed by atoms with van der Waals surface area (Å²) in [5, 5.41) is 16.4. The van der Waals surface area contributed by atoms with Crippen LogP contribution in [-0.2, 0) is 23.3 Å². The van der Waals surface area contributed by atoms with Crippen molar-refractivity contribution in [1.82, 2.24) is 5.16 Å². The highest BCUT2D eigenvalue weighted by Crippen LogP contribution is 2.43. The first-order valence-electron chi connectivity index (χ1n) is 12.6. The van der Waals surface area contributed by atoms with Gasteiger partial charge in [0.1, 0.15) is 24.4 Å². The highest BCUT2D eigenvalue weighted by Gasteiger charge is 2.43. The largest absolute Gasteiger partial charge is 0.378 e. The number of likely N-dealkylation sites (N-methyl/N-ethyl adjacent to an activating group) is 1. The molecule has 1 unspecified atom stereocenters. The van der Waals surface area contributed by atoms with Crippen molar-refractivity contribution in [3.05, 3.63) is 89.3 Å². The SMILES string of the molecule is C[N+](C)(CCOCCc1ccccc1)Cc1cc(C(O)(c2ccccc2)C2CCCCC2)no1. The van der Waals surface area contributed by atoms with Crippen LogP contribution in [0.3, 0.4) is 0 Å². The number of ether oxygens (including phenoxy) is 1. The third-order valence-electron chi connectivity index (χ3n) is 7.16. The van der Waals surface area contributed by atoms with Crippen LogP contribution in [0.2, 0.25) is 0 Å². The predicted molar refractivity (Wildman–Crippen MR) is 134 cm³/mol. The van der Waals surface area contributed by atoms with Crippen LogP contribution in [0.4, 0.5) is 0 Å². The standard InChI is InChI=1S/C29H39N2O3/c1-31(2,19-21-33-20-18-24-12-6-3-7-13-24)23-27-22-28(30-34-27)29(32,25-14-8-4-9-15-25)26-16-10-5-11-17-26/h3-4,6-9,12-15,22,26,32H,5,10-11,16-21,23H2,1-2H3/q+1. The fourth-order valence-electron chi connectivity index (χ4n) is 5.12. The Kier molecular flexibility index (Phi) is 8.19. The molecular formula is C29H39N2O3+. The molecule has 1 aromatic heterocycles. The molecule has 5 heteroatoms. The molecule has 0 amide bonds. The number of benzene rings is 2. The summed E-state index contributed by atoms with van der Waals surface area (Å²) in [7, 11) is 4.35. The monoisotopic (exact) mass is 463 g/mol. The van der Waals surface area contributed by atoms with E-state index < -0.39 is 5.60 Å². The van der Waals surface area contributed by atoms with Crippen LogP contribution in [0.5, 0.6) is 0 Å². The van der Waals surface area contributed by atoms with E-state index in [1.165, 1.54) is 12.0 Å². The minimum Gasteiger partial charge on any atom is -0.378 e. The Morgan fingerprint density at radius 2 is 1.65 bits per heavy atom. The zero-order valence-corrected chi connectivity index (χ0v) is 20.7. The lowest BCUT2D eigenvalue weighted by Gasteiger charge is -2.37. The summed E-state index contributed by atoms with van der Waals surface area (Å²) in [6, 6.07) is 22.4. The molecule has 0 aliphatic heterocycles. The van der Waals surface area contributed by atoms with Gasteiger partial charge in [0.05, 0.1) is 27.3 Å². The first kappa shape index (κ1) is 24.6. The van der Waals surface area contributed by atoms with Crippen LogP contribution in [0.25, 0.3) is 0 Å². The molecule has 1 heterocycles. The third kappa shape index (κ3) is 6.15. The summed E-state index contributed by atoms with van der Waals surface area (Å²) in [4.78, 5) is 0. The Morgan fingerprint density at radius 3 is 2.35 bits per heavy atom. The van der Waals surface area contributed by atoms with Gasteiger partial charge < -0.3 is 18.8 Å². The number of hydrogen-bond donors (Lipinski definition) is 1. The Labute approximate surface area is 203 Å². The summed E-state index contributed by atoms with van der Waals surface area (Å²) in [5.41, 5.74) is 1.73. The molecule has 1 N–H and O–H groups in total. The van der Waals surface area contributed by atoms with Gasteiger partial charge in [-0.3, -0.25) is 0 Å². The zero-order chi connectivity index (χ0) is 23.9. The first-order valence-corrected chi connectivity index (χ1v) is 12.6. The van der Waals surface area contributed by atoms with Crippen molar-refractivity contribution in [3.8, 4) is 0 Å². The lowest BCUT2D eigenvalue weighted by molar-refractivity contribution is -0.905. The quantitative estimate of drug-likeness (QED) is 0.309. The fraction of sp³-hybridized carbons (Fsp3) is 0.483. The molecule has 2 aromatic carbocycles. The number of quaternary nitrogens is 1. The fourth-order valence-corrected chi connectivity index (χ4v) is 5.12. The van der Waals surface area contributed by atoms with Crippen LogP contribution in [-0.4, -0.2) is 48.6 Å². The van der Waals surface area contributed by atoms with Gasteiger partial charge in [0, 0.05) is 6.07 Å². The van der Waals surface area contributed by atoms with Crippen molar-refractivity contribution in [1.29, 1.82) is 0 Å². The first-order chi connectivity index (χ1) is 16.5. The van der Waals surface area contributed by atoms with Crippen molar-refractivity contribution >= 4 is 0 Å². The molecule has 0 spiro atoms. The highest BCUT2D eigenvalue weighted by atomic mass is 16.5. The zero-order valence-electron chi connectivity index (χ0n) is 20.7. The molecule has 0 radical (unpaired) electrons. The van der Waals surface area contributed by atoms with Crippen molar-refractivity contribution in [3.63, 3.8) is 0 Å². The third-order valence-corrected chi connectivity index (χ3v) is 7.16. The molecule has 1 fully saturated rings. The molecule has 34 heavy (non-hydrogen) atoms. The average molecular weight is 464 g/mol. The molecule has 1 saturated carbocycles. The molecule has 182 valence electrons. The Morgan fingerprint density at radius 1 is 0.971 bits per heavy atom. The molecule has 0 saturated heterocycles. The van der Waals surface area contributed by atoms with Crippen LogP contribution in [0, 0.1) is 5.92 Å². The normalized spacial score (nSPS) is 16.9. The van der Waals surface area contributed by atoms with Gasteiger partial charge in [-0.1, -0.05) is 85.1 Å². The molecule has 3 aromatic rings. The number of aromatic nitrogens is 1. The summed E-state index contributed by atoms with van der Waals surface area (Å²) in [5.74, 6) is 0.955. The van der Waals surface area contributed by atoms with E-state index in [9.17, 15) is 5.11 Å². The number of nitrogens with zero attached hydrogens (tertiary/aromatic N) is 2. The van der Waals surface area contributed by atoms with E-state index in [-0.39, 0.29) is 5.92 Å². The lowest BCUT2D eigenvalue weighted by atomic mass is 9.71. The molecule has 4 rings (SSSR count). The average Bonchev–Trinajstić information content (AvgIpc) is 3.33. The van der Waals surface area contributed by atoms with Gasteiger partial charge in [-0.2, -0.15) is 0 Å². The molecule has 5 nitrogen and oxygen atoms in total. The van der Waals surface area contributed by atoms with Crippen LogP contribution >= 0.6 is 0 Å². The molecule has 1 atom stereocenters. The van der Waals surface area contributed by atoms with Gasteiger partial charge in [-0.15, -0.1) is 0 Å². The number of aliphatic hydroxyl groups is 1. The lowest BCUT2D eigenvalue weighted by Crippen LogP contribution is -2.41. The maximum Gasteiger partial charge on any atom is 0.191 e. The van der Waals surface area contributed by atoms with E-state index in [4.69, 9.17) is 9.26 Å². The molecule has 1 aliphatic rings. The Bertz CT molecular complexity index is 996. The Hall–Kier alpha value is -2.47. The summed E-state index contributed by atoms with van der Waals surface area (Å²) >= 11 is 0. The summed E-state index contributed by atoms with van der Waals surface area (Å²) < 4.78 is 12.4. The van der Waals surface area contributed by atoms with Gasteiger partial charge in [0.2, 0.25) is 0 Å². The minimum atomic E-state index is -1.11. The van der Waals surface area contributed by atoms with Crippen molar-refractivity contribution in [2.45, 2.75) is 50.7 Å². The maximum absolute atomic E-state index is 12.0. The second-order valence-electron chi connectivity index (χ2n) is 10.3. The smallest absolute Gasteiger partial charge is 0.191 e. The van der Waals surface area contributed by atoms with Crippen molar-refractivity contribution in [2.75, 3.05) is 33.9 Å². The van der Waals surface area contributed by atoms with E-state index >= 15 is 0 Å². The van der Waals surface area contributed by atoms with Gasteiger partial charge in [-0.25, -0.2) is 0 Å². The minimum absolute atomic E-state index is 0.155. The number of rotatable bonds is 11. The Balaban J connectivity index is 1.37. The molecular weight excluding hydrogens is 424 g/mol. The number of hydrogen-bond acceptors (Lipinski definition) is 4. The van der Waals surface area contributed by atoms with Crippen LogP contribution in [0.15, 0.2) is 71.3 Å². The summed E-state index contributed by atoms with van der Waals surface area (Å²) in [6.45, 7) is 2.99. The van der Waals surface area contributed by atoms with Gasteiger partial charge in [-0.05, 0) is 36.3 Å². The van der Waals surface area contributed by atoms with Gasteiger partial charge in [0.15, 0.2) is 5.76 Å². The van der Waals surface area contributed by atoms with Gasteiger partial charge >= 0.3 is 0 Å². The topological polar surface area (TPSA) is 55.5 Å². The van der Waals surface area contributed by atoms with Crippen LogP contribution < -0.4 is 0 Å². The van der Waals surface area contributed by atoms with E-state index in [0.29, 0.717) is 18.8 Å². The van der Waals surface area contributed by atoms with E-state index in [2.05, 4.69) is 43.5 Å². The van der Waals surface area contributed by atoms with Crippen molar-refractivity contribution < 1.29 is 18.8 Å². The molecule has 1 aliphatic carbocycles. The highest BCUT2D eigenvalue weighted by molar-refractivity contribution is 5.33. The van der Waals surface area contributed by atoms with E-state index in [1.807, 2.05) is 42.5 Å². The van der Waals surface area contributed by atoms with E-state index in [1.54, 1.807) is 0 Å². The van der Waals surface area contributed by atoms with Crippen LogP contribution in [0.1, 0.15) is 54.7 Å². The van der Waals surface area contributed by atoms with Gasteiger partial charge in [0.25, 0.3) is 0 Å². The second-order valence-corrected chi connectivity index (χ2v) is 10.3. The second kappa shape index (κ2) is 11.3. The maximum atomic E-state index is 12.0. The van der Waals surface area contributed by atoms with E-state index in [0.717, 1.165) is 61.1 Å². The predicted octanol–water partition coefficient (Wildman–Crippen LogP) is 5.33. The summed E-state index contributed by atoms with van der Waals surface area (Å²) in [6.07, 6.45) is 6.49.